The molecule has 3 aromatic rings. The van der Waals surface area contributed by atoms with Crippen LogP contribution in [0.1, 0.15) is 23.9 Å². The lowest BCUT2D eigenvalue weighted by molar-refractivity contribution is -0.128. The van der Waals surface area contributed by atoms with Gasteiger partial charge in [0.1, 0.15) is 6.04 Å². The quantitative estimate of drug-likeness (QED) is 0.674. The Hall–Kier alpha value is -2.73. The van der Waals surface area contributed by atoms with Gasteiger partial charge in [0.15, 0.2) is 0 Å². The minimum atomic E-state index is -0.568. The Labute approximate surface area is 156 Å². The second-order valence-corrected chi connectivity index (χ2v) is 7.18. The molecule has 0 saturated carbocycles. The van der Waals surface area contributed by atoms with Crippen LogP contribution < -0.4 is 10.6 Å². The summed E-state index contributed by atoms with van der Waals surface area (Å²) in [6, 6.07) is 17.0. The number of benzene rings is 2. The molecule has 26 heavy (non-hydrogen) atoms. The third-order valence-electron chi connectivity index (χ3n) is 3.98. The van der Waals surface area contributed by atoms with Gasteiger partial charge in [-0.3, -0.25) is 9.59 Å². The van der Waals surface area contributed by atoms with Crippen LogP contribution in [0, 0.1) is 0 Å². The third kappa shape index (κ3) is 4.89. The molecule has 5 nitrogen and oxygen atoms in total. The first kappa shape index (κ1) is 18.1. The Bertz CT molecular complexity index is 859. The van der Waals surface area contributed by atoms with E-state index in [1.807, 2.05) is 54.6 Å². The zero-order valence-electron chi connectivity index (χ0n) is 14.6. The van der Waals surface area contributed by atoms with Crippen LogP contribution in [0.4, 0.5) is 0 Å². The van der Waals surface area contributed by atoms with Crippen molar-refractivity contribution in [2.24, 2.45) is 0 Å². The number of aryl methyl sites for hydroxylation is 1. The highest BCUT2D eigenvalue weighted by Crippen LogP contribution is 2.22. The summed E-state index contributed by atoms with van der Waals surface area (Å²) in [5.74, 6) is -0.339. The fourth-order valence-electron chi connectivity index (χ4n) is 2.56. The largest absolute Gasteiger partial charge is 0.350 e. The van der Waals surface area contributed by atoms with Crippen molar-refractivity contribution < 1.29 is 9.59 Å². The molecule has 6 heteroatoms. The summed E-state index contributed by atoms with van der Waals surface area (Å²) in [5, 5.41) is 6.51. The summed E-state index contributed by atoms with van der Waals surface area (Å²) in [7, 11) is 0. The lowest BCUT2D eigenvalue weighted by Crippen LogP contribution is -2.44. The first-order valence-corrected chi connectivity index (χ1v) is 9.39. The fraction of sp³-hybridized carbons (Fsp3) is 0.250. The second kappa shape index (κ2) is 8.58. The van der Waals surface area contributed by atoms with Gasteiger partial charge >= 0.3 is 0 Å². The molecule has 1 atom stereocenters. The SMILES string of the molecule is C[C@@H](NC(=O)CCc1nc2ccccc2s1)C(=O)NCc1ccccc1. The number of carbonyl (C=O) groups is 2. The first-order chi connectivity index (χ1) is 12.6. The highest BCUT2D eigenvalue weighted by Gasteiger charge is 2.15. The minimum Gasteiger partial charge on any atom is -0.350 e. The van der Waals surface area contributed by atoms with Crippen LogP contribution in [-0.2, 0) is 22.6 Å². The summed E-state index contributed by atoms with van der Waals surface area (Å²) in [6.45, 7) is 2.14. The first-order valence-electron chi connectivity index (χ1n) is 8.57. The molecule has 3 rings (SSSR count). The van der Waals surface area contributed by atoms with E-state index in [1.165, 1.54) is 0 Å². The molecule has 2 amide bonds. The van der Waals surface area contributed by atoms with E-state index in [-0.39, 0.29) is 11.8 Å². The van der Waals surface area contributed by atoms with Crippen LogP contribution in [0.15, 0.2) is 54.6 Å². The lowest BCUT2D eigenvalue weighted by atomic mass is 10.2. The van der Waals surface area contributed by atoms with Crippen molar-refractivity contribution in [1.29, 1.82) is 0 Å². The molecular weight excluding hydrogens is 346 g/mol. The molecule has 0 spiro atoms. The number of nitrogens with one attached hydrogen (secondary N) is 2. The molecule has 0 aliphatic carbocycles. The number of amides is 2. The maximum atomic E-state index is 12.1. The zero-order valence-corrected chi connectivity index (χ0v) is 15.4. The number of rotatable bonds is 7. The van der Waals surface area contributed by atoms with Crippen LogP contribution in [0.5, 0.6) is 0 Å². The standard InChI is InChI=1S/C20H21N3O2S/c1-14(20(25)21-13-15-7-3-2-4-8-15)22-18(24)11-12-19-23-16-9-5-6-10-17(16)26-19/h2-10,14H,11-13H2,1H3,(H,21,25)(H,22,24)/t14-/m1/s1. The normalized spacial score (nSPS) is 11.9. The predicted molar refractivity (Wildman–Crippen MR) is 104 cm³/mol. The number of thiazole rings is 1. The number of para-hydroxylation sites is 1. The highest BCUT2D eigenvalue weighted by atomic mass is 32.1. The van der Waals surface area contributed by atoms with Crippen LogP contribution in [0.2, 0.25) is 0 Å². The molecule has 0 aliphatic heterocycles. The van der Waals surface area contributed by atoms with Crippen molar-refractivity contribution >= 4 is 33.4 Å². The average Bonchev–Trinajstić information content (AvgIpc) is 3.08. The van der Waals surface area contributed by atoms with Gasteiger partial charge in [-0.1, -0.05) is 42.5 Å². The van der Waals surface area contributed by atoms with E-state index in [2.05, 4.69) is 15.6 Å². The topological polar surface area (TPSA) is 71.1 Å². The van der Waals surface area contributed by atoms with E-state index < -0.39 is 6.04 Å². The minimum absolute atomic E-state index is 0.147. The van der Waals surface area contributed by atoms with E-state index in [1.54, 1.807) is 18.3 Å². The summed E-state index contributed by atoms with van der Waals surface area (Å²) in [6.07, 6.45) is 0.889. The molecule has 0 radical (unpaired) electrons. The van der Waals surface area contributed by atoms with Gasteiger partial charge in [-0.25, -0.2) is 4.98 Å². The van der Waals surface area contributed by atoms with E-state index in [0.717, 1.165) is 20.8 Å². The van der Waals surface area contributed by atoms with Gasteiger partial charge in [-0.05, 0) is 24.6 Å². The molecule has 0 aliphatic rings. The highest BCUT2D eigenvalue weighted by molar-refractivity contribution is 7.18. The van der Waals surface area contributed by atoms with Crippen LogP contribution in [0.25, 0.3) is 10.2 Å². The van der Waals surface area contributed by atoms with Gasteiger partial charge < -0.3 is 10.6 Å². The Kier molecular flexibility index (Phi) is 5.96. The second-order valence-electron chi connectivity index (χ2n) is 6.07. The Balaban J connectivity index is 1.44. The van der Waals surface area contributed by atoms with Gasteiger partial charge in [0.25, 0.3) is 0 Å². The summed E-state index contributed by atoms with van der Waals surface area (Å²) in [5.41, 5.74) is 1.98. The number of carbonyl (C=O) groups excluding carboxylic acids is 2. The van der Waals surface area contributed by atoms with Crippen molar-refractivity contribution in [3.63, 3.8) is 0 Å². The number of fused-ring (bicyclic) bond motifs is 1. The molecule has 134 valence electrons. The Morgan fingerprint density at radius 2 is 1.81 bits per heavy atom. The summed E-state index contributed by atoms with van der Waals surface area (Å²) in [4.78, 5) is 28.7. The Morgan fingerprint density at radius 3 is 2.58 bits per heavy atom. The molecule has 1 aromatic heterocycles. The molecule has 0 unspecified atom stereocenters. The van der Waals surface area contributed by atoms with Crippen LogP contribution in [-0.4, -0.2) is 22.8 Å². The van der Waals surface area contributed by atoms with Crippen molar-refractivity contribution in [2.45, 2.75) is 32.4 Å². The average molecular weight is 367 g/mol. The van der Waals surface area contributed by atoms with Gasteiger partial charge in [-0.15, -0.1) is 11.3 Å². The summed E-state index contributed by atoms with van der Waals surface area (Å²) < 4.78 is 1.12. The molecule has 0 bridgehead atoms. The lowest BCUT2D eigenvalue weighted by Gasteiger charge is -2.14. The molecule has 0 saturated heterocycles. The van der Waals surface area contributed by atoms with Crippen LogP contribution in [0.3, 0.4) is 0 Å². The van der Waals surface area contributed by atoms with E-state index in [9.17, 15) is 9.59 Å². The molecule has 2 aromatic carbocycles. The van der Waals surface area contributed by atoms with E-state index in [4.69, 9.17) is 0 Å². The zero-order chi connectivity index (χ0) is 18.4. The maximum Gasteiger partial charge on any atom is 0.242 e. The predicted octanol–water partition coefficient (Wildman–Crippen LogP) is 3.05. The molecular formula is C20H21N3O2S. The van der Waals surface area contributed by atoms with Crippen molar-refractivity contribution in [3.05, 3.63) is 65.2 Å². The van der Waals surface area contributed by atoms with Gasteiger partial charge in [0.2, 0.25) is 11.8 Å². The fourth-order valence-corrected chi connectivity index (χ4v) is 3.53. The van der Waals surface area contributed by atoms with Gasteiger partial charge in [0.05, 0.1) is 15.2 Å². The van der Waals surface area contributed by atoms with Crippen molar-refractivity contribution in [3.8, 4) is 0 Å². The number of hydrogen-bond donors (Lipinski definition) is 2. The van der Waals surface area contributed by atoms with Gasteiger partial charge in [0, 0.05) is 19.4 Å². The van der Waals surface area contributed by atoms with E-state index in [0.29, 0.717) is 19.4 Å². The van der Waals surface area contributed by atoms with E-state index >= 15 is 0 Å². The number of nitrogens with zero attached hydrogens (tertiary/aromatic N) is 1. The molecule has 0 fully saturated rings. The third-order valence-corrected chi connectivity index (χ3v) is 5.08. The number of aromatic nitrogens is 1. The smallest absolute Gasteiger partial charge is 0.242 e. The van der Waals surface area contributed by atoms with Crippen molar-refractivity contribution in [2.75, 3.05) is 0 Å². The maximum absolute atomic E-state index is 12.1. The molecule has 1 heterocycles. The monoisotopic (exact) mass is 367 g/mol. The molecule has 2 N–H and O–H groups in total. The van der Waals surface area contributed by atoms with Crippen molar-refractivity contribution in [1.82, 2.24) is 15.6 Å². The van der Waals surface area contributed by atoms with Gasteiger partial charge in [-0.2, -0.15) is 0 Å². The number of hydrogen-bond acceptors (Lipinski definition) is 4. The van der Waals surface area contributed by atoms with Crippen LogP contribution >= 0.6 is 11.3 Å². The Morgan fingerprint density at radius 1 is 1.08 bits per heavy atom. The summed E-state index contributed by atoms with van der Waals surface area (Å²) >= 11 is 1.60.